The lowest BCUT2D eigenvalue weighted by Gasteiger charge is -2.12. The van der Waals surface area contributed by atoms with E-state index in [-0.39, 0.29) is 0 Å². The fourth-order valence-corrected chi connectivity index (χ4v) is 0.819. The first-order valence-electron chi connectivity index (χ1n) is 3.69. The highest BCUT2D eigenvalue weighted by Crippen LogP contribution is 1.99. The van der Waals surface area contributed by atoms with Crippen LogP contribution in [0.25, 0.3) is 0 Å². The molecule has 0 amide bonds. The number of hydrogen-bond donors (Lipinski definition) is 1. The summed E-state index contributed by atoms with van der Waals surface area (Å²) >= 11 is 0. The van der Waals surface area contributed by atoms with Crippen LogP contribution in [0.1, 0.15) is 33.1 Å². The molecular weight excluding hydrogens is 130 g/mol. The monoisotopic (exact) mass is 145 g/mol. The predicted octanol–water partition coefficient (Wildman–Crippen LogP) is 1.24. The van der Waals surface area contributed by atoms with Crippen molar-refractivity contribution < 1.29 is 9.63 Å². The fourth-order valence-electron chi connectivity index (χ4n) is 0.819. The number of carbonyl (C=O) groups excluding carboxylic acids is 1. The van der Waals surface area contributed by atoms with Crippen molar-refractivity contribution in [3.8, 4) is 0 Å². The molecule has 1 atom stereocenters. The minimum absolute atomic E-state index is 0.315. The van der Waals surface area contributed by atoms with Gasteiger partial charge in [0, 0.05) is 6.04 Å². The molecule has 0 fully saturated rings. The summed E-state index contributed by atoms with van der Waals surface area (Å²) in [5.41, 5.74) is 2.65. The molecule has 0 aromatic heterocycles. The Morgan fingerprint density at radius 3 is 2.70 bits per heavy atom. The molecule has 3 heteroatoms. The molecule has 0 aliphatic heterocycles. The van der Waals surface area contributed by atoms with Crippen molar-refractivity contribution in [2.75, 3.05) is 0 Å². The Bertz CT molecular complexity index is 85.7. The highest BCUT2D eigenvalue weighted by atomic mass is 16.7. The third-order valence-electron chi connectivity index (χ3n) is 1.41. The van der Waals surface area contributed by atoms with E-state index in [1.54, 1.807) is 0 Å². The third kappa shape index (κ3) is 4.32. The highest BCUT2D eigenvalue weighted by Gasteiger charge is 2.02. The largest absolute Gasteiger partial charge is 0.373 e. The van der Waals surface area contributed by atoms with Gasteiger partial charge in [-0.05, 0) is 12.8 Å². The van der Waals surface area contributed by atoms with E-state index in [1.165, 1.54) is 0 Å². The molecule has 0 rings (SSSR count). The zero-order valence-corrected chi connectivity index (χ0v) is 6.59. The van der Waals surface area contributed by atoms with E-state index < -0.39 is 0 Å². The molecular formula is C7H15NO2. The molecule has 60 valence electrons. The van der Waals surface area contributed by atoms with Crippen LogP contribution in [0, 0.1) is 0 Å². The molecule has 0 aliphatic rings. The van der Waals surface area contributed by atoms with Gasteiger partial charge in [0.2, 0.25) is 0 Å². The minimum Gasteiger partial charge on any atom is -0.373 e. The SMILES string of the molecule is CCCC(CC)NOC=O. The molecule has 0 bridgehead atoms. The summed E-state index contributed by atoms with van der Waals surface area (Å²) in [6, 6.07) is 0.315. The topological polar surface area (TPSA) is 38.3 Å². The lowest BCUT2D eigenvalue weighted by molar-refractivity contribution is -0.137. The van der Waals surface area contributed by atoms with Gasteiger partial charge in [-0.1, -0.05) is 20.3 Å². The van der Waals surface area contributed by atoms with Gasteiger partial charge in [0.25, 0.3) is 0 Å². The Hall–Kier alpha value is -0.570. The van der Waals surface area contributed by atoms with Crippen LogP contribution in [0.4, 0.5) is 0 Å². The summed E-state index contributed by atoms with van der Waals surface area (Å²) < 4.78 is 0. The number of hydroxylamine groups is 1. The zero-order chi connectivity index (χ0) is 7.82. The number of carbonyl (C=O) groups is 1. The van der Waals surface area contributed by atoms with Gasteiger partial charge in [-0.25, -0.2) is 0 Å². The molecule has 0 aromatic carbocycles. The standard InChI is InChI=1S/C7H15NO2/c1-3-5-7(4-2)8-10-6-9/h6-8H,3-5H2,1-2H3. The average molecular weight is 145 g/mol. The van der Waals surface area contributed by atoms with Crippen LogP contribution in [0.3, 0.4) is 0 Å². The van der Waals surface area contributed by atoms with Crippen LogP contribution in [-0.2, 0) is 9.63 Å². The van der Waals surface area contributed by atoms with Crippen molar-refractivity contribution in [2.45, 2.75) is 39.2 Å². The van der Waals surface area contributed by atoms with Crippen molar-refractivity contribution >= 4 is 6.47 Å². The lowest BCUT2D eigenvalue weighted by Crippen LogP contribution is -2.27. The van der Waals surface area contributed by atoms with E-state index >= 15 is 0 Å². The first kappa shape index (κ1) is 9.43. The van der Waals surface area contributed by atoms with Crippen LogP contribution in [0.2, 0.25) is 0 Å². The fraction of sp³-hybridized carbons (Fsp3) is 0.857. The maximum absolute atomic E-state index is 9.74. The Morgan fingerprint density at radius 2 is 2.30 bits per heavy atom. The van der Waals surface area contributed by atoms with Crippen molar-refractivity contribution in [1.82, 2.24) is 5.48 Å². The third-order valence-corrected chi connectivity index (χ3v) is 1.41. The molecule has 10 heavy (non-hydrogen) atoms. The quantitative estimate of drug-likeness (QED) is 0.451. The molecule has 1 unspecified atom stereocenters. The molecule has 0 spiro atoms. The van der Waals surface area contributed by atoms with E-state index in [4.69, 9.17) is 0 Å². The summed E-state index contributed by atoms with van der Waals surface area (Å²) in [5, 5.41) is 0. The first-order chi connectivity index (χ1) is 4.85. The van der Waals surface area contributed by atoms with Crippen LogP contribution >= 0.6 is 0 Å². The van der Waals surface area contributed by atoms with Gasteiger partial charge in [0.15, 0.2) is 0 Å². The van der Waals surface area contributed by atoms with Crippen molar-refractivity contribution in [3.63, 3.8) is 0 Å². The molecule has 0 saturated carbocycles. The van der Waals surface area contributed by atoms with E-state index in [0.717, 1.165) is 19.3 Å². The van der Waals surface area contributed by atoms with Crippen LogP contribution in [-0.4, -0.2) is 12.5 Å². The van der Waals surface area contributed by atoms with Gasteiger partial charge < -0.3 is 4.84 Å². The van der Waals surface area contributed by atoms with Gasteiger partial charge in [0.05, 0.1) is 0 Å². The molecule has 0 aromatic rings. The maximum atomic E-state index is 9.74. The van der Waals surface area contributed by atoms with E-state index in [1.807, 2.05) is 0 Å². The van der Waals surface area contributed by atoms with Crippen LogP contribution in [0.5, 0.6) is 0 Å². The molecule has 0 saturated heterocycles. The zero-order valence-electron chi connectivity index (χ0n) is 6.59. The highest BCUT2D eigenvalue weighted by molar-refractivity contribution is 5.36. The average Bonchev–Trinajstić information content (AvgIpc) is 1.98. The molecule has 0 aliphatic carbocycles. The summed E-state index contributed by atoms with van der Waals surface area (Å²) in [7, 11) is 0. The number of hydrogen-bond acceptors (Lipinski definition) is 3. The smallest absolute Gasteiger partial charge is 0.312 e. The predicted molar refractivity (Wildman–Crippen MR) is 39.3 cm³/mol. The van der Waals surface area contributed by atoms with Gasteiger partial charge in [-0.2, -0.15) is 5.48 Å². The Balaban J connectivity index is 3.29. The second-order valence-electron chi connectivity index (χ2n) is 2.23. The van der Waals surface area contributed by atoms with Crippen molar-refractivity contribution in [2.24, 2.45) is 0 Å². The maximum Gasteiger partial charge on any atom is 0.312 e. The van der Waals surface area contributed by atoms with Gasteiger partial charge in [-0.15, -0.1) is 0 Å². The summed E-state index contributed by atoms with van der Waals surface area (Å²) in [6.45, 7) is 4.57. The summed E-state index contributed by atoms with van der Waals surface area (Å²) in [6.07, 6.45) is 3.14. The van der Waals surface area contributed by atoms with Crippen molar-refractivity contribution in [3.05, 3.63) is 0 Å². The van der Waals surface area contributed by atoms with E-state index in [2.05, 4.69) is 24.2 Å². The van der Waals surface area contributed by atoms with Crippen molar-refractivity contribution in [1.29, 1.82) is 0 Å². The van der Waals surface area contributed by atoms with Gasteiger partial charge in [-0.3, -0.25) is 4.79 Å². The molecule has 0 radical (unpaired) electrons. The minimum atomic E-state index is 0.315. The van der Waals surface area contributed by atoms with E-state index in [9.17, 15) is 4.79 Å². The number of rotatable bonds is 6. The van der Waals surface area contributed by atoms with E-state index in [0.29, 0.717) is 12.5 Å². The molecule has 3 nitrogen and oxygen atoms in total. The Kier molecular flexibility index (Phi) is 6.18. The summed E-state index contributed by atoms with van der Waals surface area (Å²) in [4.78, 5) is 14.2. The normalized spacial score (nSPS) is 12.6. The second kappa shape index (κ2) is 6.55. The van der Waals surface area contributed by atoms with Gasteiger partial charge in [0.1, 0.15) is 0 Å². The first-order valence-corrected chi connectivity index (χ1v) is 3.69. The Morgan fingerprint density at radius 1 is 1.60 bits per heavy atom. The van der Waals surface area contributed by atoms with Crippen LogP contribution in [0.15, 0.2) is 0 Å². The number of nitrogens with one attached hydrogen (secondary N) is 1. The second-order valence-corrected chi connectivity index (χ2v) is 2.23. The van der Waals surface area contributed by atoms with Gasteiger partial charge >= 0.3 is 6.47 Å². The molecule has 1 N–H and O–H groups in total. The lowest BCUT2D eigenvalue weighted by atomic mass is 10.1. The molecule has 0 heterocycles. The Labute approximate surface area is 61.7 Å². The van der Waals surface area contributed by atoms with Crippen LogP contribution < -0.4 is 5.48 Å². The summed E-state index contributed by atoms with van der Waals surface area (Å²) in [5.74, 6) is 0.